The van der Waals surface area contributed by atoms with Gasteiger partial charge in [-0.2, -0.15) is 0 Å². The van der Waals surface area contributed by atoms with Gasteiger partial charge < -0.3 is 20.3 Å². The lowest BCUT2D eigenvalue weighted by molar-refractivity contribution is -0.143. The number of rotatable bonds is 72. The van der Waals surface area contributed by atoms with E-state index in [-0.39, 0.29) is 18.5 Å². The Morgan fingerprint density at radius 3 is 0.953 bits per heavy atom. The molecule has 0 aromatic rings. The predicted molar refractivity (Wildman–Crippen MR) is 375 cm³/mol. The molecule has 2 atom stereocenters. The smallest absolute Gasteiger partial charge is 0.305 e. The minimum absolute atomic E-state index is 0.00328. The molecule has 1 amide bonds. The summed E-state index contributed by atoms with van der Waals surface area (Å²) in [4.78, 5) is 24.6. The van der Waals surface area contributed by atoms with Crippen LogP contribution in [0.2, 0.25) is 0 Å². The van der Waals surface area contributed by atoms with Gasteiger partial charge >= 0.3 is 5.97 Å². The summed E-state index contributed by atoms with van der Waals surface area (Å²) in [5.74, 6) is -0.0575. The fourth-order valence-electron chi connectivity index (χ4n) is 12.0. The number of hydrogen-bond donors (Lipinski definition) is 3. The van der Waals surface area contributed by atoms with Gasteiger partial charge in [0.2, 0.25) is 5.91 Å². The third-order valence-corrected chi connectivity index (χ3v) is 17.8. The molecule has 0 saturated carbocycles. The Bertz CT molecular complexity index is 1420. The van der Waals surface area contributed by atoms with Crippen molar-refractivity contribution in [3.05, 3.63) is 48.6 Å². The Balaban J connectivity index is 3.38. The SMILES string of the molecule is CCC/C=C\C/C=C\CCCCCCCC(=O)OCCCCCCCCCCCCCC/C=C\CCCCCCCCCCCCCCCCCCCC(=O)NC(CO)C(O)/C=C/CCCCCCCCCCCCCCCCCCCCCC. The van der Waals surface area contributed by atoms with Crippen LogP contribution in [0.1, 0.15) is 418 Å². The molecule has 3 N–H and O–H groups in total. The molecule has 0 radical (unpaired) electrons. The monoisotopic (exact) mass is 1190 g/mol. The zero-order valence-electron chi connectivity index (χ0n) is 57.4. The lowest BCUT2D eigenvalue weighted by Crippen LogP contribution is -2.45. The van der Waals surface area contributed by atoms with E-state index >= 15 is 0 Å². The molecule has 0 bridgehead atoms. The van der Waals surface area contributed by atoms with Crippen molar-refractivity contribution in [2.45, 2.75) is 431 Å². The highest BCUT2D eigenvalue weighted by Gasteiger charge is 2.18. The summed E-state index contributed by atoms with van der Waals surface area (Å²) in [7, 11) is 0. The number of esters is 1. The Labute approximate surface area is 531 Å². The topological polar surface area (TPSA) is 95.9 Å². The van der Waals surface area contributed by atoms with Crippen LogP contribution in [0.4, 0.5) is 0 Å². The third kappa shape index (κ3) is 70.8. The molecule has 0 aliphatic carbocycles. The average molecular weight is 1190 g/mol. The molecule has 0 saturated heterocycles. The van der Waals surface area contributed by atoms with Crippen molar-refractivity contribution >= 4 is 11.9 Å². The zero-order valence-corrected chi connectivity index (χ0v) is 57.4. The van der Waals surface area contributed by atoms with Gasteiger partial charge in [0.15, 0.2) is 0 Å². The lowest BCUT2D eigenvalue weighted by Gasteiger charge is -2.20. The molecule has 0 aliphatic heterocycles. The standard InChI is InChI=1S/C79H149NO5/c1-3-5-7-9-11-13-15-17-18-19-20-21-35-38-41-44-48-51-55-59-63-67-71-77(82)76(75-81)80-78(83)72-68-64-60-56-52-49-45-42-39-36-33-31-29-27-25-23-22-24-26-28-30-32-34-37-40-43-46-50-54-58-62-66-70-74-85-79(84)73-69-65-61-57-53-47-16-14-12-10-8-6-4-2/h8,10,14,16,26,28,67,71,76-77,81-82H,3-7,9,11-13,15,17-25,27,29-66,68-70,72-75H2,1-2H3,(H,80,83)/b10-8-,16-14-,28-26-,71-67+. The lowest BCUT2D eigenvalue weighted by atomic mass is 10.0. The number of aliphatic hydroxyl groups is 2. The summed E-state index contributed by atoms with van der Waals surface area (Å²) in [6.07, 6.45) is 98.0. The summed E-state index contributed by atoms with van der Waals surface area (Å²) >= 11 is 0. The number of hydrogen-bond acceptors (Lipinski definition) is 5. The first-order valence-electron chi connectivity index (χ1n) is 38.4. The van der Waals surface area contributed by atoms with Gasteiger partial charge in [0.05, 0.1) is 25.4 Å². The van der Waals surface area contributed by atoms with E-state index in [1.54, 1.807) is 6.08 Å². The number of carbonyl (C=O) groups is 2. The molecule has 0 aromatic carbocycles. The van der Waals surface area contributed by atoms with Gasteiger partial charge in [0.1, 0.15) is 0 Å². The van der Waals surface area contributed by atoms with Gasteiger partial charge in [0, 0.05) is 12.8 Å². The van der Waals surface area contributed by atoms with Crippen LogP contribution in [0, 0.1) is 0 Å². The molecule has 0 spiro atoms. The van der Waals surface area contributed by atoms with Crippen molar-refractivity contribution in [3.8, 4) is 0 Å². The summed E-state index contributed by atoms with van der Waals surface area (Å²) in [5.41, 5.74) is 0. The molecular formula is C79H149NO5. The number of carbonyl (C=O) groups excluding carboxylic acids is 2. The number of ether oxygens (including phenoxy) is 1. The Hall–Kier alpha value is -2.18. The van der Waals surface area contributed by atoms with Crippen LogP contribution in [-0.2, 0) is 14.3 Å². The maximum atomic E-state index is 12.5. The van der Waals surface area contributed by atoms with E-state index in [0.29, 0.717) is 19.4 Å². The first-order valence-corrected chi connectivity index (χ1v) is 38.4. The number of nitrogens with one attached hydrogen (secondary N) is 1. The molecule has 2 unspecified atom stereocenters. The Morgan fingerprint density at radius 1 is 0.329 bits per heavy atom. The highest BCUT2D eigenvalue weighted by atomic mass is 16.5. The van der Waals surface area contributed by atoms with Gasteiger partial charge in [-0.05, 0) is 83.5 Å². The predicted octanol–water partition coefficient (Wildman–Crippen LogP) is 25.2. The molecule has 6 heteroatoms. The van der Waals surface area contributed by atoms with Crippen molar-refractivity contribution in [2.75, 3.05) is 13.2 Å². The van der Waals surface area contributed by atoms with Crippen LogP contribution in [0.15, 0.2) is 48.6 Å². The van der Waals surface area contributed by atoms with E-state index < -0.39 is 12.1 Å². The van der Waals surface area contributed by atoms with Crippen molar-refractivity contribution in [1.29, 1.82) is 0 Å². The minimum atomic E-state index is -0.844. The normalized spacial score (nSPS) is 12.8. The zero-order chi connectivity index (χ0) is 61.3. The van der Waals surface area contributed by atoms with Crippen LogP contribution in [-0.4, -0.2) is 47.4 Å². The van der Waals surface area contributed by atoms with Gasteiger partial charge in [-0.1, -0.05) is 371 Å². The van der Waals surface area contributed by atoms with Crippen molar-refractivity contribution in [1.82, 2.24) is 5.32 Å². The average Bonchev–Trinajstić information content (AvgIpc) is 3.51. The van der Waals surface area contributed by atoms with E-state index in [2.05, 4.69) is 55.6 Å². The van der Waals surface area contributed by atoms with E-state index in [4.69, 9.17) is 4.74 Å². The number of unbranched alkanes of at least 4 members (excludes halogenated alkanes) is 55. The molecule has 0 fully saturated rings. The van der Waals surface area contributed by atoms with Crippen molar-refractivity contribution in [3.63, 3.8) is 0 Å². The highest BCUT2D eigenvalue weighted by molar-refractivity contribution is 5.76. The maximum absolute atomic E-state index is 12.5. The van der Waals surface area contributed by atoms with Gasteiger partial charge in [-0.15, -0.1) is 0 Å². The second kappa shape index (κ2) is 74.3. The second-order valence-electron chi connectivity index (χ2n) is 26.3. The molecule has 0 aromatic heterocycles. The van der Waals surface area contributed by atoms with Crippen LogP contribution in [0.3, 0.4) is 0 Å². The Kier molecular flexibility index (Phi) is 72.4. The second-order valence-corrected chi connectivity index (χ2v) is 26.3. The molecule has 0 heterocycles. The quantitative estimate of drug-likeness (QED) is 0.0320. The summed E-state index contributed by atoms with van der Waals surface area (Å²) in [6, 6.07) is -0.627. The summed E-state index contributed by atoms with van der Waals surface area (Å²) in [5, 5.41) is 23.3. The first kappa shape index (κ1) is 82.8. The molecular weight excluding hydrogens is 1040 g/mol. The molecule has 0 rings (SSSR count). The van der Waals surface area contributed by atoms with Crippen LogP contribution >= 0.6 is 0 Å². The first-order chi connectivity index (χ1) is 42.0. The van der Waals surface area contributed by atoms with E-state index in [0.717, 1.165) is 51.4 Å². The van der Waals surface area contributed by atoms with E-state index in [9.17, 15) is 19.8 Å². The van der Waals surface area contributed by atoms with Crippen LogP contribution in [0.25, 0.3) is 0 Å². The fourth-order valence-corrected chi connectivity index (χ4v) is 12.0. The summed E-state index contributed by atoms with van der Waals surface area (Å²) in [6.45, 7) is 4.87. The highest BCUT2D eigenvalue weighted by Crippen LogP contribution is 2.19. The fraction of sp³-hybridized carbons (Fsp3) is 0.873. The van der Waals surface area contributed by atoms with E-state index in [1.165, 1.54) is 340 Å². The van der Waals surface area contributed by atoms with Crippen molar-refractivity contribution in [2.24, 2.45) is 0 Å². The summed E-state index contributed by atoms with van der Waals surface area (Å²) < 4.78 is 5.48. The molecule has 85 heavy (non-hydrogen) atoms. The van der Waals surface area contributed by atoms with Gasteiger partial charge in [-0.3, -0.25) is 9.59 Å². The molecule has 0 aliphatic rings. The molecule has 500 valence electrons. The van der Waals surface area contributed by atoms with E-state index in [1.807, 2.05) is 6.08 Å². The number of amides is 1. The number of allylic oxidation sites excluding steroid dienone is 7. The maximum Gasteiger partial charge on any atom is 0.305 e. The van der Waals surface area contributed by atoms with Crippen LogP contribution in [0.5, 0.6) is 0 Å². The Morgan fingerprint density at radius 2 is 0.612 bits per heavy atom. The minimum Gasteiger partial charge on any atom is -0.466 e. The van der Waals surface area contributed by atoms with Crippen molar-refractivity contribution < 1.29 is 24.5 Å². The molecule has 6 nitrogen and oxygen atoms in total. The third-order valence-electron chi connectivity index (χ3n) is 17.8. The number of aliphatic hydroxyl groups excluding tert-OH is 2. The van der Waals surface area contributed by atoms with Crippen LogP contribution < -0.4 is 5.32 Å². The van der Waals surface area contributed by atoms with Gasteiger partial charge in [0.25, 0.3) is 0 Å². The van der Waals surface area contributed by atoms with Gasteiger partial charge in [-0.25, -0.2) is 0 Å². The largest absolute Gasteiger partial charge is 0.466 e.